The molecule has 1 aromatic rings. The van der Waals surface area contributed by atoms with E-state index in [4.69, 9.17) is 0 Å². The van der Waals surface area contributed by atoms with Gasteiger partial charge in [-0.3, -0.25) is 0 Å². The third-order valence-electron chi connectivity index (χ3n) is 2.24. The maximum absolute atomic E-state index is 13.3. The number of allylic oxidation sites excluding steroid dienone is 1. The Hall–Kier alpha value is -1.15. The van der Waals surface area contributed by atoms with Crippen LogP contribution in [0.2, 0.25) is 0 Å². The van der Waals surface area contributed by atoms with Gasteiger partial charge in [-0.25, -0.2) is 4.39 Å². The van der Waals surface area contributed by atoms with Crippen LogP contribution in [0.15, 0.2) is 30.4 Å². The third-order valence-corrected chi connectivity index (χ3v) is 2.24. The van der Waals surface area contributed by atoms with Crippen LogP contribution in [-0.4, -0.2) is 6.54 Å². The Labute approximate surface area is 91.0 Å². The molecule has 0 atom stereocenters. The summed E-state index contributed by atoms with van der Waals surface area (Å²) in [7, 11) is 0. The average molecular weight is 207 g/mol. The molecule has 82 valence electrons. The van der Waals surface area contributed by atoms with E-state index < -0.39 is 0 Å². The van der Waals surface area contributed by atoms with E-state index in [1.54, 1.807) is 6.07 Å². The Morgan fingerprint density at radius 3 is 2.93 bits per heavy atom. The number of hydrogen-bond acceptors (Lipinski definition) is 1. The topological polar surface area (TPSA) is 12.0 Å². The highest BCUT2D eigenvalue weighted by Gasteiger charge is 2.00. The fourth-order valence-electron chi connectivity index (χ4n) is 1.41. The van der Waals surface area contributed by atoms with E-state index in [1.807, 2.05) is 26.0 Å². The molecular weight excluding hydrogens is 189 g/mol. The van der Waals surface area contributed by atoms with Gasteiger partial charge in [0.05, 0.1) is 0 Å². The monoisotopic (exact) mass is 207 g/mol. The van der Waals surface area contributed by atoms with E-state index in [9.17, 15) is 4.39 Å². The number of hydrogen-bond donors (Lipinski definition) is 1. The van der Waals surface area contributed by atoms with Crippen molar-refractivity contribution in [2.45, 2.75) is 26.8 Å². The predicted octanol–water partition coefficient (Wildman–Crippen LogP) is 3.19. The molecule has 1 N–H and O–H groups in total. The van der Waals surface area contributed by atoms with Crippen LogP contribution < -0.4 is 5.32 Å². The lowest BCUT2D eigenvalue weighted by Crippen LogP contribution is -2.15. The zero-order valence-corrected chi connectivity index (χ0v) is 9.39. The van der Waals surface area contributed by atoms with Crippen molar-refractivity contribution >= 4 is 0 Å². The highest BCUT2D eigenvalue weighted by atomic mass is 19.1. The molecule has 0 aliphatic heterocycles. The predicted molar refractivity (Wildman–Crippen MR) is 62.3 cm³/mol. The van der Waals surface area contributed by atoms with Gasteiger partial charge in [-0.15, -0.1) is 0 Å². The van der Waals surface area contributed by atoms with Gasteiger partial charge in [0, 0.05) is 12.1 Å². The van der Waals surface area contributed by atoms with E-state index in [0.717, 1.165) is 24.1 Å². The molecule has 0 fully saturated rings. The highest BCUT2D eigenvalue weighted by Crippen LogP contribution is 2.09. The summed E-state index contributed by atoms with van der Waals surface area (Å²) in [6.07, 6.45) is 5.11. The van der Waals surface area contributed by atoms with Gasteiger partial charge in [0.2, 0.25) is 0 Å². The van der Waals surface area contributed by atoms with Crippen LogP contribution in [0.25, 0.3) is 0 Å². The molecule has 0 radical (unpaired) electrons. The Balaban J connectivity index is 2.40. The van der Waals surface area contributed by atoms with Gasteiger partial charge < -0.3 is 5.32 Å². The van der Waals surface area contributed by atoms with Crippen LogP contribution in [-0.2, 0) is 6.54 Å². The molecule has 1 aromatic carbocycles. The van der Waals surface area contributed by atoms with Crippen molar-refractivity contribution in [3.8, 4) is 0 Å². The molecule has 0 aliphatic rings. The molecule has 0 saturated heterocycles. The number of aryl methyl sites for hydroxylation is 1. The number of nitrogens with one attached hydrogen (secondary N) is 1. The van der Waals surface area contributed by atoms with Gasteiger partial charge in [-0.1, -0.05) is 29.8 Å². The maximum Gasteiger partial charge on any atom is 0.127 e. The SMILES string of the molecule is C/C=C/CCNCc1cc(C)ccc1F. The van der Waals surface area contributed by atoms with Crippen molar-refractivity contribution in [1.82, 2.24) is 5.32 Å². The summed E-state index contributed by atoms with van der Waals surface area (Å²) < 4.78 is 13.3. The van der Waals surface area contributed by atoms with Crippen molar-refractivity contribution in [1.29, 1.82) is 0 Å². The van der Waals surface area contributed by atoms with Gasteiger partial charge >= 0.3 is 0 Å². The summed E-state index contributed by atoms with van der Waals surface area (Å²) in [5, 5.41) is 3.21. The summed E-state index contributed by atoms with van der Waals surface area (Å²) in [5.41, 5.74) is 1.84. The van der Waals surface area contributed by atoms with Crippen LogP contribution in [0.4, 0.5) is 4.39 Å². The summed E-state index contributed by atoms with van der Waals surface area (Å²) in [6.45, 7) is 5.46. The third kappa shape index (κ3) is 4.26. The number of benzene rings is 1. The first-order valence-corrected chi connectivity index (χ1v) is 5.31. The molecule has 1 nitrogen and oxygen atoms in total. The second-order valence-electron chi connectivity index (χ2n) is 3.63. The number of halogens is 1. The maximum atomic E-state index is 13.3. The molecule has 2 heteroatoms. The molecule has 0 aliphatic carbocycles. The van der Waals surface area contributed by atoms with E-state index in [0.29, 0.717) is 6.54 Å². The van der Waals surface area contributed by atoms with Crippen molar-refractivity contribution < 1.29 is 4.39 Å². The zero-order chi connectivity index (χ0) is 11.1. The summed E-state index contributed by atoms with van der Waals surface area (Å²) in [4.78, 5) is 0. The van der Waals surface area contributed by atoms with E-state index in [1.165, 1.54) is 6.07 Å². The molecule has 15 heavy (non-hydrogen) atoms. The lowest BCUT2D eigenvalue weighted by atomic mass is 10.1. The lowest BCUT2D eigenvalue weighted by molar-refractivity contribution is 0.589. The molecular formula is C13H18FN. The molecule has 0 saturated carbocycles. The van der Waals surface area contributed by atoms with E-state index in [2.05, 4.69) is 11.4 Å². The van der Waals surface area contributed by atoms with E-state index >= 15 is 0 Å². The summed E-state index contributed by atoms with van der Waals surface area (Å²) in [6, 6.07) is 5.20. The van der Waals surface area contributed by atoms with Gasteiger partial charge in [0.25, 0.3) is 0 Å². The van der Waals surface area contributed by atoms with Gasteiger partial charge in [0.1, 0.15) is 5.82 Å². The molecule has 0 bridgehead atoms. The summed E-state index contributed by atoms with van der Waals surface area (Å²) >= 11 is 0. The minimum absolute atomic E-state index is 0.126. The molecule has 0 amide bonds. The fourth-order valence-corrected chi connectivity index (χ4v) is 1.41. The largest absolute Gasteiger partial charge is 0.312 e. The summed E-state index contributed by atoms with van der Waals surface area (Å²) in [5.74, 6) is -0.126. The lowest BCUT2D eigenvalue weighted by Gasteiger charge is -2.05. The number of rotatable bonds is 5. The Morgan fingerprint density at radius 1 is 1.40 bits per heavy atom. The minimum atomic E-state index is -0.126. The molecule has 1 rings (SSSR count). The zero-order valence-electron chi connectivity index (χ0n) is 9.39. The first kappa shape index (κ1) is 11.9. The van der Waals surface area contributed by atoms with Gasteiger partial charge in [0.15, 0.2) is 0 Å². The van der Waals surface area contributed by atoms with Crippen LogP contribution in [0.1, 0.15) is 24.5 Å². The molecule has 0 aromatic heterocycles. The minimum Gasteiger partial charge on any atom is -0.312 e. The normalized spacial score (nSPS) is 11.1. The van der Waals surface area contributed by atoms with Crippen LogP contribution in [0, 0.1) is 12.7 Å². The van der Waals surface area contributed by atoms with Crippen molar-refractivity contribution in [2.24, 2.45) is 0 Å². The molecule has 0 unspecified atom stereocenters. The van der Waals surface area contributed by atoms with Crippen molar-refractivity contribution in [2.75, 3.05) is 6.54 Å². The van der Waals surface area contributed by atoms with Gasteiger partial charge in [-0.2, -0.15) is 0 Å². The highest BCUT2D eigenvalue weighted by molar-refractivity contribution is 5.23. The fraction of sp³-hybridized carbons (Fsp3) is 0.385. The second kappa shape index (κ2) is 6.36. The Morgan fingerprint density at radius 2 is 2.20 bits per heavy atom. The molecule has 0 heterocycles. The van der Waals surface area contributed by atoms with Crippen LogP contribution in [0.3, 0.4) is 0 Å². The first-order valence-electron chi connectivity index (χ1n) is 5.31. The quantitative estimate of drug-likeness (QED) is 0.577. The van der Waals surface area contributed by atoms with E-state index in [-0.39, 0.29) is 5.82 Å². The Kier molecular flexibility index (Phi) is 5.05. The Bertz CT molecular complexity index is 331. The van der Waals surface area contributed by atoms with Crippen LogP contribution in [0.5, 0.6) is 0 Å². The average Bonchev–Trinajstić information content (AvgIpc) is 2.23. The second-order valence-corrected chi connectivity index (χ2v) is 3.63. The smallest absolute Gasteiger partial charge is 0.127 e. The van der Waals surface area contributed by atoms with Gasteiger partial charge in [-0.05, 0) is 32.9 Å². The molecule has 0 spiro atoms. The van der Waals surface area contributed by atoms with Crippen molar-refractivity contribution in [3.05, 3.63) is 47.3 Å². The van der Waals surface area contributed by atoms with Crippen molar-refractivity contribution in [3.63, 3.8) is 0 Å². The first-order chi connectivity index (χ1) is 7.24. The standard InChI is InChI=1S/C13H18FN/c1-3-4-5-8-15-10-12-9-11(2)6-7-13(12)14/h3-4,6-7,9,15H,5,8,10H2,1-2H3/b4-3+. The van der Waals surface area contributed by atoms with Crippen LogP contribution >= 0.6 is 0 Å².